The summed E-state index contributed by atoms with van der Waals surface area (Å²) in [7, 11) is 1.43. The number of piperidine rings is 1. The molecule has 3 rings (SSSR count). The molecule has 0 bridgehead atoms. The number of carbonyl (C=O) groups excluding carboxylic acids is 3. The molecule has 1 heterocycles. The van der Waals surface area contributed by atoms with Crippen LogP contribution in [0.2, 0.25) is 0 Å². The van der Waals surface area contributed by atoms with Crippen molar-refractivity contribution in [1.82, 2.24) is 10.2 Å². The summed E-state index contributed by atoms with van der Waals surface area (Å²) in [6.45, 7) is 3.22. The van der Waals surface area contributed by atoms with Gasteiger partial charge in [-0.05, 0) is 37.7 Å². The predicted molar refractivity (Wildman–Crippen MR) is 137 cm³/mol. The van der Waals surface area contributed by atoms with E-state index in [-0.39, 0.29) is 24.2 Å². The maximum absolute atomic E-state index is 13.7. The van der Waals surface area contributed by atoms with E-state index in [2.05, 4.69) is 18.3 Å². The van der Waals surface area contributed by atoms with Crippen molar-refractivity contribution in [1.29, 1.82) is 0 Å². The Balaban J connectivity index is 1.75. The van der Waals surface area contributed by atoms with Gasteiger partial charge < -0.3 is 15.0 Å². The molecule has 1 aliphatic carbocycles. The van der Waals surface area contributed by atoms with E-state index < -0.39 is 11.3 Å². The van der Waals surface area contributed by atoms with Gasteiger partial charge in [0.15, 0.2) is 0 Å². The Morgan fingerprint density at radius 1 is 1.09 bits per heavy atom. The van der Waals surface area contributed by atoms with Crippen LogP contribution in [0.25, 0.3) is 0 Å². The maximum Gasteiger partial charge on any atom is 0.317 e. The molecule has 6 heteroatoms. The van der Waals surface area contributed by atoms with E-state index in [1.165, 1.54) is 26.4 Å². The van der Waals surface area contributed by atoms with E-state index in [4.69, 9.17) is 4.74 Å². The normalized spacial score (nSPS) is 22.1. The van der Waals surface area contributed by atoms with E-state index in [9.17, 15) is 14.4 Å². The highest BCUT2D eigenvalue weighted by Crippen LogP contribution is 2.49. The number of amides is 2. The average Bonchev–Trinajstić information content (AvgIpc) is 3.10. The van der Waals surface area contributed by atoms with Crippen molar-refractivity contribution in [2.75, 3.05) is 13.7 Å². The largest absolute Gasteiger partial charge is 0.468 e. The monoisotopic (exact) mass is 482 g/mol. The second kappa shape index (κ2) is 13.5. The van der Waals surface area contributed by atoms with Gasteiger partial charge in [-0.1, -0.05) is 81.9 Å². The summed E-state index contributed by atoms with van der Waals surface area (Å²) < 4.78 is 5.30. The Morgan fingerprint density at radius 3 is 2.57 bits per heavy atom. The highest BCUT2D eigenvalue weighted by molar-refractivity contribution is 5.92. The van der Waals surface area contributed by atoms with E-state index >= 15 is 0 Å². The van der Waals surface area contributed by atoms with E-state index in [0.29, 0.717) is 25.9 Å². The smallest absolute Gasteiger partial charge is 0.317 e. The second-order valence-electron chi connectivity index (χ2n) is 10.0. The van der Waals surface area contributed by atoms with Crippen LogP contribution in [0.5, 0.6) is 0 Å². The minimum atomic E-state index is -0.842. The first-order valence-electron chi connectivity index (χ1n) is 13.4. The highest BCUT2D eigenvalue weighted by Gasteiger charge is 2.53. The van der Waals surface area contributed by atoms with Gasteiger partial charge in [-0.2, -0.15) is 0 Å². The van der Waals surface area contributed by atoms with Crippen LogP contribution in [0.4, 0.5) is 0 Å². The Labute approximate surface area is 210 Å². The molecule has 1 aromatic rings. The predicted octanol–water partition coefficient (Wildman–Crippen LogP) is 5.52. The molecule has 1 aromatic carbocycles. The summed E-state index contributed by atoms with van der Waals surface area (Å²) in [6.07, 6.45) is 12.7. The second-order valence-corrected chi connectivity index (χ2v) is 10.0. The molecule has 1 N–H and O–H groups in total. The van der Waals surface area contributed by atoms with Crippen molar-refractivity contribution >= 4 is 17.8 Å². The topological polar surface area (TPSA) is 75.7 Å². The lowest BCUT2D eigenvalue weighted by atomic mass is 9.69. The summed E-state index contributed by atoms with van der Waals surface area (Å²) in [5.41, 5.74) is 0.994. The molecule has 35 heavy (non-hydrogen) atoms. The molecule has 1 aliphatic heterocycles. The van der Waals surface area contributed by atoms with Gasteiger partial charge in [0.2, 0.25) is 11.8 Å². The number of unbranched alkanes of at least 4 members (excludes halogenated alkanes) is 5. The number of rotatable bonds is 12. The van der Waals surface area contributed by atoms with Gasteiger partial charge >= 0.3 is 5.97 Å². The van der Waals surface area contributed by atoms with E-state index in [1.54, 1.807) is 0 Å². The van der Waals surface area contributed by atoms with Gasteiger partial charge in [-0.15, -0.1) is 0 Å². The molecular formula is C29H42N2O4. The number of allylic oxidation sites excluding steroid dienone is 1. The molecule has 2 aliphatic rings. The van der Waals surface area contributed by atoms with Gasteiger partial charge in [0.25, 0.3) is 0 Å². The number of fused-ring (bicyclic) bond motifs is 1. The van der Waals surface area contributed by atoms with E-state index in [1.807, 2.05) is 35.2 Å². The molecule has 2 atom stereocenters. The first-order chi connectivity index (χ1) is 17.0. The molecule has 0 unspecified atom stereocenters. The molecule has 0 radical (unpaired) electrons. The van der Waals surface area contributed by atoms with Crippen LogP contribution in [0, 0.1) is 11.3 Å². The molecule has 192 valence electrons. The first kappa shape index (κ1) is 27.0. The molecule has 0 spiro atoms. The molecular weight excluding hydrogens is 440 g/mol. The number of benzene rings is 1. The fourth-order valence-corrected chi connectivity index (χ4v) is 5.57. The summed E-state index contributed by atoms with van der Waals surface area (Å²) in [5.74, 6) is -0.991. The quantitative estimate of drug-likeness (QED) is 0.314. The van der Waals surface area contributed by atoms with Gasteiger partial charge in [0, 0.05) is 31.1 Å². The number of nitrogens with one attached hydrogen (secondary N) is 1. The zero-order valence-electron chi connectivity index (χ0n) is 21.5. The minimum absolute atomic E-state index is 0.0268. The number of esters is 1. The Bertz CT molecular complexity index is 882. The maximum atomic E-state index is 13.7. The lowest BCUT2D eigenvalue weighted by Crippen LogP contribution is -2.53. The van der Waals surface area contributed by atoms with Crippen molar-refractivity contribution in [3.8, 4) is 0 Å². The van der Waals surface area contributed by atoms with Crippen LogP contribution in [0.15, 0.2) is 42.1 Å². The fraction of sp³-hybridized carbons (Fsp3) is 0.621. The third-order valence-electron chi connectivity index (χ3n) is 7.46. The average molecular weight is 483 g/mol. The lowest BCUT2D eigenvalue weighted by molar-refractivity contribution is -0.159. The number of ether oxygens (including phenoxy) is 1. The number of methoxy groups -OCH3 is 1. The molecule has 0 aromatic heterocycles. The van der Waals surface area contributed by atoms with Crippen LogP contribution in [-0.2, 0) is 25.7 Å². The number of carbonyl (C=O) groups is 3. The Hall–Kier alpha value is -2.63. The van der Waals surface area contributed by atoms with Crippen molar-refractivity contribution in [3.05, 3.63) is 47.7 Å². The van der Waals surface area contributed by atoms with Crippen LogP contribution in [0.1, 0.15) is 89.5 Å². The number of hydrogen-bond acceptors (Lipinski definition) is 4. The van der Waals surface area contributed by atoms with Crippen molar-refractivity contribution in [2.24, 2.45) is 11.3 Å². The molecule has 0 saturated carbocycles. The van der Waals surface area contributed by atoms with E-state index in [0.717, 1.165) is 49.8 Å². The SMILES string of the molecule is CCCCCCCCN1C(=O)[C@H](CC(=O)NCc2ccccc2)C[C@@]2(C(=O)OC)CCCCC=C12. The van der Waals surface area contributed by atoms with Gasteiger partial charge in [-0.25, -0.2) is 0 Å². The summed E-state index contributed by atoms with van der Waals surface area (Å²) >= 11 is 0. The minimum Gasteiger partial charge on any atom is -0.468 e. The number of likely N-dealkylation sites (tertiary alicyclic amines) is 1. The van der Waals surface area contributed by atoms with Crippen LogP contribution < -0.4 is 5.32 Å². The summed E-state index contributed by atoms with van der Waals surface area (Å²) in [6, 6.07) is 9.74. The van der Waals surface area contributed by atoms with Gasteiger partial charge in [0.05, 0.1) is 7.11 Å². The molecule has 1 fully saturated rings. The standard InChI is InChI=1S/C29H42N2O4/c1-3-4-5-6-7-14-19-31-25-17-12-9-13-18-29(25,28(34)35-2)21-24(27(31)33)20-26(32)30-22-23-15-10-8-11-16-23/h8,10-11,15-17,24H,3-7,9,12-14,18-22H2,1-2H3,(H,30,32)/t24-,29+/m1/s1. The zero-order chi connectivity index (χ0) is 25.1. The van der Waals surface area contributed by atoms with Crippen molar-refractivity contribution < 1.29 is 19.1 Å². The third kappa shape index (κ3) is 6.96. The lowest BCUT2D eigenvalue weighted by Gasteiger charge is -2.46. The fourth-order valence-electron chi connectivity index (χ4n) is 5.57. The third-order valence-corrected chi connectivity index (χ3v) is 7.46. The van der Waals surface area contributed by atoms with Crippen molar-refractivity contribution in [3.63, 3.8) is 0 Å². The summed E-state index contributed by atoms with van der Waals surface area (Å²) in [5, 5.41) is 2.95. The first-order valence-corrected chi connectivity index (χ1v) is 13.4. The van der Waals surface area contributed by atoms with Crippen LogP contribution in [-0.4, -0.2) is 36.3 Å². The Morgan fingerprint density at radius 2 is 1.83 bits per heavy atom. The van der Waals surface area contributed by atoms with Crippen molar-refractivity contribution in [2.45, 2.75) is 90.5 Å². The van der Waals surface area contributed by atoms with Crippen LogP contribution >= 0.6 is 0 Å². The Kier molecular flexibility index (Phi) is 10.4. The van der Waals surface area contributed by atoms with Crippen LogP contribution in [0.3, 0.4) is 0 Å². The molecule has 6 nitrogen and oxygen atoms in total. The summed E-state index contributed by atoms with van der Waals surface area (Å²) in [4.78, 5) is 41.6. The zero-order valence-corrected chi connectivity index (χ0v) is 21.5. The van der Waals surface area contributed by atoms with Gasteiger partial charge in [0.1, 0.15) is 5.41 Å². The highest BCUT2D eigenvalue weighted by atomic mass is 16.5. The molecule has 2 amide bonds. The van der Waals surface area contributed by atoms with Gasteiger partial charge in [-0.3, -0.25) is 14.4 Å². The molecule has 1 saturated heterocycles. The number of hydrogen-bond donors (Lipinski definition) is 1. The number of nitrogens with zero attached hydrogens (tertiary/aromatic N) is 1.